The van der Waals surface area contributed by atoms with Crippen molar-refractivity contribution in [2.24, 2.45) is 0 Å². The lowest BCUT2D eigenvalue weighted by atomic mass is 10.1. The summed E-state index contributed by atoms with van der Waals surface area (Å²) in [6.07, 6.45) is 1.83. The van der Waals surface area contributed by atoms with E-state index in [1.807, 2.05) is 32.0 Å². The van der Waals surface area contributed by atoms with E-state index in [2.05, 4.69) is 24.3 Å². The fraction of sp³-hybridized carbons (Fsp3) is 0.647. The first-order valence-electron chi connectivity index (χ1n) is 7.73. The number of aryl methyl sites for hydroxylation is 2. The molecule has 0 bridgehead atoms. The third-order valence-corrected chi connectivity index (χ3v) is 3.42. The van der Waals surface area contributed by atoms with Crippen LogP contribution in [-0.4, -0.2) is 56.4 Å². The van der Waals surface area contributed by atoms with Crippen molar-refractivity contribution in [1.82, 2.24) is 10.2 Å². The Labute approximate surface area is 129 Å². The van der Waals surface area contributed by atoms with Crippen LogP contribution < -0.4 is 10.1 Å². The van der Waals surface area contributed by atoms with Gasteiger partial charge < -0.3 is 20.1 Å². The van der Waals surface area contributed by atoms with E-state index >= 15 is 0 Å². The summed E-state index contributed by atoms with van der Waals surface area (Å²) >= 11 is 0. The van der Waals surface area contributed by atoms with Crippen LogP contribution in [0.15, 0.2) is 18.2 Å². The van der Waals surface area contributed by atoms with Crippen LogP contribution in [0.5, 0.6) is 5.75 Å². The molecular weight excluding hydrogens is 264 g/mol. The second kappa shape index (κ2) is 9.77. The van der Waals surface area contributed by atoms with Crippen molar-refractivity contribution in [2.45, 2.75) is 32.8 Å². The molecule has 21 heavy (non-hydrogen) atoms. The molecule has 0 heterocycles. The summed E-state index contributed by atoms with van der Waals surface area (Å²) in [4.78, 5) is 2.19. The average Bonchev–Trinajstić information content (AvgIpc) is 2.41. The van der Waals surface area contributed by atoms with Crippen LogP contribution in [0, 0.1) is 13.8 Å². The minimum absolute atomic E-state index is 0.330. The molecule has 0 aliphatic carbocycles. The fourth-order valence-electron chi connectivity index (χ4n) is 2.21. The summed E-state index contributed by atoms with van der Waals surface area (Å²) in [5.74, 6) is 0.891. The predicted octanol–water partition coefficient (Wildman–Crippen LogP) is 1.97. The first-order chi connectivity index (χ1) is 10.0. The van der Waals surface area contributed by atoms with E-state index in [-0.39, 0.29) is 0 Å². The number of aliphatic hydroxyl groups excluding tert-OH is 1. The summed E-state index contributed by atoms with van der Waals surface area (Å²) in [6, 6.07) is 6.07. The summed E-state index contributed by atoms with van der Waals surface area (Å²) in [5, 5.41) is 13.2. The quantitative estimate of drug-likeness (QED) is 0.648. The van der Waals surface area contributed by atoms with Crippen molar-refractivity contribution in [3.05, 3.63) is 29.3 Å². The van der Waals surface area contributed by atoms with Gasteiger partial charge in [0.15, 0.2) is 0 Å². The van der Waals surface area contributed by atoms with Gasteiger partial charge in [-0.15, -0.1) is 0 Å². The first kappa shape index (κ1) is 18.0. The molecule has 0 amide bonds. The highest BCUT2D eigenvalue weighted by Crippen LogP contribution is 2.22. The molecule has 1 unspecified atom stereocenters. The molecule has 4 nitrogen and oxygen atoms in total. The molecule has 0 aromatic heterocycles. The van der Waals surface area contributed by atoms with Crippen LogP contribution in [0.2, 0.25) is 0 Å². The summed E-state index contributed by atoms with van der Waals surface area (Å²) in [6.45, 7) is 7.01. The maximum atomic E-state index is 9.94. The second-order valence-corrected chi connectivity index (χ2v) is 5.90. The predicted molar refractivity (Wildman–Crippen MR) is 88.1 cm³/mol. The molecule has 0 fully saturated rings. The lowest BCUT2D eigenvalue weighted by Gasteiger charge is -2.16. The normalized spacial score (nSPS) is 12.7. The summed E-state index contributed by atoms with van der Waals surface area (Å²) in [5.41, 5.74) is 2.22. The molecule has 120 valence electrons. The zero-order valence-corrected chi connectivity index (χ0v) is 13.9. The van der Waals surface area contributed by atoms with Crippen molar-refractivity contribution in [2.75, 3.05) is 40.3 Å². The van der Waals surface area contributed by atoms with Gasteiger partial charge in [-0.1, -0.05) is 18.2 Å². The highest BCUT2D eigenvalue weighted by atomic mass is 16.5. The minimum atomic E-state index is -0.474. The maximum absolute atomic E-state index is 9.94. The molecule has 2 N–H and O–H groups in total. The Morgan fingerprint density at radius 2 is 1.86 bits per heavy atom. The molecule has 4 heteroatoms. The number of benzene rings is 1. The largest absolute Gasteiger partial charge is 0.490 e. The first-order valence-corrected chi connectivity index (χ1v) is 7.73. The third-order valence-electron chi connectivity index (χ3n) is 3.42. The molecular formula is C17H30N2O2. The van der Waals surface area contributed by atoms with Gasteiger partial charge in [-0.2, -0.15) is 0 Å². The van der Waals surface area contributed by atoms with E-state index in [0.717, 1.165) is 36.4 Å². The maximum Gasteiger partial charge on any atom is 0.125 e. The Kier molecular flexibility index (Phi) is 8.35. The summed E-state index contributed by atoms with van der Waals surface area (Å²) in [7, 11) is 4.17. The van der Waals surface area contributed by atoms with Gasteiger partial charge in [-0.3, -0.25) is 0 Å². The third kappa shape index (κ3) is 7.46. The van der Waals surface area contributed by atoms with Gasteiger partial charge in [-0.05, 0) is 65.0 Å². The lowest BCUT2D eigenvalue weighted by Crippen LogP contribution is -2.32. The molecule has 0 aliphatic heterocycles. The van der Waals surface area contributed by atoms with Gasteiger partial charge >= 0.3 is 0 Å². The van der Waals surface area contributed by atoms with E-state index in [9.17, 15) is 5.11 Å². The molecule has 0 spiro atoms. The standard InChI is InChI=1S/C17H30N2O2/c1-14-8-7-9-15(2)17(14)21-13-16(20)12-18-10-5-6-11-19(3)4/h7-9,16,18,20H,5-6,10-13H2,1-4H3. The zero-order chi connectivity index (χ0) is 15.7. The van der Waals surface area contributed by atoms with E-state index in [0.29, 0.717) is 13.2 Å². The van der Waals surface area contributed by atoms with E-state index in [1.165, 1.54) is 6.42 Å². The highest BCUT2D eigenvalue weighted by Gasteiger charge is 2.08. The Bertz CT molecular complexity index is 388. The molecule has 1 aromatic carbocycles. The van der Waals surface area contributed by atoms with Gasteiger partial charge in [0.1, 0.15) is 18.5 Å². The average molecular weight is 294 g/mol. The number of rotatable bonds is 10. The fourth-order valence-corrected chi connectivity index (χ4v) is 2.21. The number of hydrogen-bond acceptors (Lipinski definition) is 4. The summed E-state index contributed by atoms with van der Waals surface area (Å²) < 4.78 is 5.74. The van der Waals surface area contributed by atoms with Crippen molar-refractivity contribution < 1.29 is 9.84 Å². The van der Waals surface area contributed by atoms with Crippen LogP contribution in [-0.2, 0) is 0 Å². The monoisotopic (exact) mass is 294 g/mol. The molecule has 1 atom stereocenters. The van der Waals surface area contributed by atoms with Crippen molar-refractivity contribution >= 4 is 0 Å². The van der Waals surface area contributed by atoms with Gasteiger partial charge in [0.25, 0.3) is 0 Å². The number of nitrogens with one attached hydrogen (secondary N) is 1. The number of hydrogen-bond donors (Lipinski definition) is 2. The van der Waals surface area contributed by atoms with Gasteiger partial charge in [0, 0.05) is 6.54 Å². The number of nitrogens with zero attached hydrogens (tertiary/aromatic N) is 1. The minimum Gasteiger partial charge on any atom is -0.490 e. The van der Waals surface area contributed by atoms with Gasteiger partial charge in [0.2, 0.25) is 0 Å². The molecule has 0 saturated heterocycles. The van der Waals surface area contributed by atoms with Crippen LogP contribution in [0.4, 0.5) is 0 Å². The Hall–Kier alpha value is -1.10. The Morgan fingerprint density at radius 3 is 2.48 bits per heavy atom. The Morgan fingerprint density at radius 1 is 1.19 bits per heavy atom. The van der Waals surface area contributed by atoms with Crippen LogP contribution in [0.1, 0.15) is 24.0 Å². The topological polar surface area (TPSA) is 44.7 Å². The molecule has 0 saturated carbocycles. The van der Waals surface area contributed by atoms with Crippen molar-refractivity contribution in [3.63, 3.8) is 0 Å². The Balaban J connectivity index is 2.15. The zero-order valence-electron chi connectivity index (χ0n) is 13.9. The number of unbranched alkanes of at least 4 members (excludes halogenated alkanes) is 1. The highest BCUT2D eigenvalue weighted by molar-refractivity contribution is 5.39. The van der Waals surface area contributed by atoms with E-state index in [1.54, 1.807) is 0 Å². The SMILES string of the molecule is Cc1cccc(C)c1OCC(O)CNCCCCN(C)C. The van der Waals surface area contributed by atoms with Crippen LogP contribution >= 0.6 is 0 Å². The van der Waals surface area contributed by atoms with Crippen LogP contribution in [0.3, 0.4) is 0 Å². The number of ether oxygens (including phenoxy) is 1. The van der Waals surface area contributed by atoms with E-state index < -0.39 is 6.10 Å². The van der Waals surface area contributed by atoms with Crippen molar-refractivity contribution in [3.8, 4) is 5.75 Å². The van der Waals surface area contributed by atoms with Crippen molar-refractivity contribution in [1.29, 1.82) is 0 Å². The van der Waals surface area contributed by atoms with Gasteiger partial charge in [-0.25, -0.2) is 0 Å². The molecule has 1 rings (SSSR count). The van der Waals surface area contributed by atoms with Gasteiger partial charge in [0.05, 0.1) is 0 Å². The number of para-hydroxylation sites is 1. The second-order valence-electron chi connectivity index (χ2n) is 5.90. The molecule has 0 radical (unpaired) electrons. The van der Waals surface area contributed by atoms with Crippen LogP contribution in [0.25, 0.3) is 0 Å². The number of aliphatic hydroxyl groups is 1. The lowest BCUT2D eigenvalue weighted by molar-refractivity contribution is 0.106. The van der Waals surface area contributed by atoms with E-state index in [4.69, 9.17) is 4.74 Å². The molecule has 0 aliphatic rings. The smallest absolute Gasteiger partial charge is 0.125 e. The molecule has 1 aromatic rings.